The summed E-state index contributed by atoms with van der Waals surface area (Å²) in [5.74, 6) is 0.340. The summed E-state index contributed by atoms with van der Waals surface area (Å²) in [6.45, 7) is 0.464. The van der Waals surface area contributed by atoms with Gasteiger partial charge in [-0.25, -0.2) is 0 Å². The Hall–Kier alpha value is -1.42. The van der Waals surface area contributed by atoms with E-state index in [2.05, 4.69) is 5.32 Å². The van der Waals surface area contributed by atoms with Crippen molar-refractivity contribution in [3.05, 3.63) is 23.2 Å². The Labute approximate surface area is 93.4 Å². The SMILES string of the molecule is COc1ccc(Cl)cc1NCCC(N)=O. The number of methoxy groups -OCH3 is 1. The van der Waals surface area contributed by atoms with Crippen LogP contribution in [0.3, 0.4) is 0 Å². The van der Waals surface area contributed by atoms with Crippen molar-refractivity contribution in [1.82, 2.24) is 0 Å². The van der Waals surface area contributed by atoms with Crippen LogP contribution in [-0.4, -0.2) is 19.6 Å². The fourth-order valence-electron chi connectivity index (χ4n) is 1.14. The second-order valence-corrected chi connectivity index (χ2v) is 3.42. The zero-order chi connectivity index (χ0) is 11.3. The molecule has 0 unspecified atom stereocenters. The predicted molar refractivity (Wildman–Crippen MR) is 60.3 cm³/mol. The van der Waals surface area contributed by atoms with E-state index in [0.717, 1.165) is 5.69 Å². The number of hydrogen-bond donors (Lipinski definition) is 2. The first-order valence-corrected chi connectivity index (χ1v) is 4.87. The maximum Gasteiger partial charge on any atom is 0.219 e. The highest BCUT2D eigenvalue weighted by Gasteiger charge is 2.03. The van der Waals surface area contributed by atoms with Crippen LogP contribution in [-0.2, 0) is 4.79 Å². The molecule has 5 heteroatoms. The van der Waals surface area contributed by atoms with Crippen LogP contribution in [0.4, 0.5) is 5.69 Å². The first kappa shape index (κ1) is 11.7. The van der Waals surface area contributed by atoms with E-state index in [1.54, 1.807) is 25.3 Å². The van der Waals surface area contributed by atoms with Crippen molar-refractivity contribution in [2.75, 3.05) is 19.0 Å². The summed E-state index contributed by atoms with van der Waals surface area (Å²) in [6, 6.07) is 5.23. The highest BCUT2D eigenvalue weighted by molar-refractivity contribution is 6.30. The second kappa shape index (κ2) is 5.46. The van der Waals surface area contributed by atoms with E-state index < -0.39 is 0 Å². The molecule has 0 atom stereocenters. The highest BCUT2D eigenvalue weighted by atomic mass is 35.5. The third-order valence-corrected chi connectivity index (χ3v) is 2.08. The number of carbonyl (C=O) groups excluding carboxylic acids is 1. The van der Waals surface area contributed by atoms with Crippen LogP contribution in [0.25, 0.3) is 0 Å². The minimum Gasteiger partial charge on any atom is -0.495 e. The van der Waals surface area contributed by atoms with Crippen molar-refractivity contribution in [3.63, 3.8) is 0 Å². The molecule has 0 aliphatic heterocycles. The van der Waals surface area contributed by atoms with Gasteiger partial charge in [-0.15, -0.1) is 0 Å². The van der Waals surface area contributed by atoms with Crippen LogP contribution in [0.1, 0.15) is 6.42 Å². The molecule has 0 saturated carbocycles. The molecule has 82 valence electrons. The lowest BCUT2D eigenvalue weighted by Crippen LogP contribution is -2.16. The van der Waals surface area contributed by atoms with Crippen molar-refractivity contribution >= 4 is 23.2 Å². The largest absolute Gasteiger partial charge is 0.495 e. The molecule has 15 heavy (non-hydrogen) atoms. The molecule has 1 aromatic rings. The lowest BCUT2D eigenvalue weighted by Gasteiger charge is -2.10. The van der Waals surface area contributed by atoms with Gasteiger partial charge >= 0.3 is 0 Å². The average molecular weight is 229 g/mol. The first-order valence-electron chi connectivity index (χ1n) is 4.49. The number of ether oxygens (including phenoxy) is 1. The average Bonchev–Trinajstić information content (AvgIpc) is 2.17. The zero-order valence-corrected chi connectivity index (χ0v) is 9.17. The second-order valence-electron chi connectivity index (χ2n) is 2.99. The standard InChI is InChI=1S/C10H13ClN2O2/c1-15-9-3-2-7(11)6-8(9)13-5-4-10(12)14/h2-3,6,13H,4-5H2,1H3,(H2,12,14). The molecule has 0 aliphatic rings. The molecule has 0 radical (unpaired) electrons. The molecular weight excluding hydrogens is 216 g/mol. The molecule has 0 aromatic heterocycles. The number of carbonyl (C=O) groups is 1. The van der Waals surface area contributed by atoms with Gasteiger partial charge in [-0.2, -0.15) is 0 Å². The molecule has 1 aromatic carbocycles. The Morgan fingerprint density at radius 2 is 2.33 bits per heavy atom. The number of halogens is 1. The summed E-state index contributed by atoms with van der Waals surface area (Å²) in [5, 5.41) is 3.63. The smallest absolute Gasteiger partial charge is 0.219 e. The Morgan fingerprint density at radius 1 is 1.60 bits per heavy atom. The first-order chi connectivity index (χ1) is 7.13. The highest BCUT2D eigenvalue weighted by Crippen LogP contribution is 2.27. The topological polar surface area (TPSA) is 64.3 Å². The molecule has 4 nitrogen and oxygen atoms in total. The van der Waals surface area contributed by atoms with Gasteiger partial charge in [0.05, 0.1) is 12.8 Å². The van der Waals surface area contributed by atoms with Crippen LogP contribution in [0.15, 0.2) is 18.2 Å². The van der Waals surface area contributed by atoms with Crippen molar-refractivity contribution in [3.8, 4) is 5.75 Å². The van der Waals surface area contributed by atoms with E-state index in [9.17, 15) is 4.79 Å². The van der Waals surface area contributed by atoms with Gasteiger partial charge < -0.3 is 15.8 Å². The number of anilines is 1. The quantitative estimate of drug-likeness (QED) is 0.805. The molecule has 0 fully saturated rings. The van der Waals surface area contributed by atoms with Crippen molar-refractivity contribution in [2.45, 2.75) is 6.42 Å². The van der Waals surface area contributed by atoms with Gasteiger partial charge in [0, 0.05) is 18.0 Å². The molecule has 0 heterocycles. The molecular formula is C10H13ClN2O2. The lowest BCUT2D eigenvalue weighted by molar-refractivity contribution is -0.117. The molecule has 1 rings (SSSR count). The maximum absolute atomic E-state index is 10.5. The number of amides is 1. The Morgan fingerprint density at radius 3 is 2.93 bits per heavy atom. The monoisotopic (exact) mass is 228 g/mol. The third-order valence-electron chi connectivity index (χ3n) is 1.85. The summed E-state index contributed by atoms with van der Waals surface area (Å²) in [5.41, 5.74) is 5.78. The Bertz CT molecular complexity index is 355. The van der Waals surface area contributed by atoms with Gasteiger partial charge in [0.1, 0.15) is 5.75 Å². The summed E-state index contributed by atoms with van der Waals surface area (Å²) in [4.78, 5) is 10.5. The number of primary amides is 1. The Kier molecular flexibility index (Phi) is 4.24. The van der Waals surface area contributed by atoms with E-state index in [4.69, 9.17) is 22.1 Å². The minimum absolute atomic E-state index is 0.273. The van der Waals surface area contributed by atoms with Crippen molar-refractivity contribution < 1.29 is 9.53 Å². The van der Waals surface area contributed by atoms with E-state index in [1.807, 2.05) is 0 Å². The van der Waals surface area contributed by atoms with Gasteiger partial charge in [0.15, 0.2) is 0 Å². The fraction of sp³-hybridized carbons (Fsp3) is 0.300. The van der Waals surface area contributed by atoms with Gasteiger partial charge in [0.25, 0.3) is 0 Å². The zero-order valence-electron chi connectivity index (χ0n) is 8.42. The predicted octanol–water partition coefficient (Wildman–Crippen LogP) is 1.64. The molecule has 0 aliphatic carbocycles. The summed E-state index contributed by atoms with van der Waals surface area (Å²) in [7, 11) is 1.57. The van der Waals surface area contributed by atoms with Gasteiger partial charge in [-0.05, 0) is 18.2 Å². The molecule has 0 saturated heterocycles. The summed E-state index contributed by atoms with van der Waals surface area (Å²) in [6.07, 6.45) is 0.273. The summed E-state index contributed by atoms with van der Waals surface area (Å²) < 4.78 is 5.12. The number of nitrogens with one attached hydrogen (secondary N) is 1. The maximum atomic E-state index is 10.5. The van der Waals surface area contributed by atoms with Gasteiger partial charge in [-0.3, -0.25) is 4.79 Å². The van der Waals surface area contributed by atoms with E-state index in [0.29, 0.717) is 17.3 Å². The van der Waals surface area contributed by atoms with Crippen LogP contribution in [0.5, 0.6) is 5.75 Å². The van der Waals surface area contributed by atoms with Crippen LogP contribution in [0, 0.1) is 0 Å². The minimum atomic E-state index is -0.344. The van der Waals surface area contributed by atoms with E-state index >= 15 is 0 Å². The fourth-order valence-corrected chi connectivity index (χ4v) is 1.31. The van der Waals surface area contributed by atoms with Gasteiger partial charge in [0.2, 0.25) is 5.91 Å². The normalized spacial score (nSPS) is 9.73. The number of rotatable bonds is 5. The third kappa shape index (κ3) is 3.67. The molecule has 1 amide bonds. The van der Waals surface area contributed by atoms with Crippen molar-refractivity contribution in [1.29, 1.82) is 0 Å². The molecule has 0 spiro atoms. The van der Waals surface area contributed by atoms with E-state index in [-0.39, 0.29) is 12.3 Å². The lowest BCUT2D eigenvalue weighted by atomic mass is 10.3. The Balaban J connectivity index is 2.65. The van der Waals surface area contributed by atoms with Crippen LogP contribution in [0.2, 0.25) is 5.02 Å². The van der Waals surface area contributed by atoms with Crippen molar-refractivity contribution in [2.24, 2.45) is 5.73 Å². The van der Waals surface area contributed by atoms with Crippen LogP contribution >= 0.6 is 11.6 Å². The number of nitrogens with two attached hydrogens (primary N) is 1. The number of benzene rings is 1. The van der Waals surface area contributed by atoms with Gasteiger partial charge in [-0.1, -0.05) is 11.6 Å². The summed E-state index contributed by atoms with van der Waals surface area (Å²) >= 11 is 5.83. The molecule has 0 bridgehead atoms. The molecule has 3 N–H and O–H groups in total. The van der Waals surface area contributed by atoms with E-state index in [1.165, 1.54) is 0 Å². The number of hydrogen-bond acceptors (Lipinski definition) is 3. The van der Waals surface area contributed by atoms with Crippen LogP contribution < -0.4 is 15.8 Å².